The Labute approximate surface area is 119 Å². The highest BCUT2D eigenvalue weighted by molar-refractivity contribution is 5.66. The number of hydrogen-bond donors (Lipinski definition) is 1. The van der Waals surface area contributed by atoms with Crippen LogP contribution in [0.4, 0.5) is 0 Å². The van der Waals surface area contributed by atoms with Crippen LogP contribution < -0.4 is 10.1 Å². The van der Waals surface area contributed by atoms with E-state index in [9.17, 15) is 0 Å². The second kappa shape index (κ2) is 5.67. The predicted octanol–water partition coefficient (Wildman–Crippen LogP) is 2.39. The first-order valence-corrected chi connectivity index (χ1v) is 7.16. The molecule has 1 N–H and O–H groups in total. The van der Waals surface area contributed by atoms with Crippen LogP contribution in [0.15, 0.2) is 30.5 Å². The fourth-order valence-corrected chi connectivity index (χ4v) is 2.88. The van der Waals surface area contributed by atoms with Crippen molar-refractivity contribution in [2.75, 3.05) is 13.7 Å². The fraction of sp³-hybridized carbons (Fsp3) is 0.438. The Kier molecular flexibility index (Phi) is 3.74. The van der Waals surface area contributed by atoms with Gasteiger partial charge in [-0.05, 0) is 37.1 Å². The standard InChI is InChI=1S/C16H21N3O/c1-19-16(10-13-4-3-9-17-13)15(11-18-19)12-5-7-14(20-2)8-6-12/h5-8,11,13,17H,3-4,9-10H2,1-2H3. The molecule has 4 nitrogen and oxygen atoms in total. The molecule has 0 aliphatic carbocycles. The summed E-state index contributed by atoms with van der Waals surface area (Å²) < 4.78 is 7.22. The Morgan fingerprint density at radius 1 is 1.35 bits per heavy atom. The first kappa shape index (κ1) is 13.2. The minimum Gasteiger partial charge on any atom is -0.497 e. The summed E-state index contributed by atoms with van der Waals surface area (Å²) in [6, 6.07) is 8.78. The lowest BCUT2D eigenvalue weighted by molar-refractivity contribution is 0.415. The molecule has 3 rings (SSSR count). The van der Waals surface area contributed by atoms with E-state index in [1.807, 2.05) is 30.1 Å². The third-order valence-corrected chi connectivity index (χ3v) is 4.06. The summed E-state index contributed by atoms with van der Waals surface area (Å²) in [5.41, 5.74) is 3.73. The predicted molar refractivity (Wildman–Crippen MR) is 79.9 cm³/mol. The van der Waals surface area contributed by atoms with Crippen molar-refractivity contribution in [1.29, 1.82) is 0 Å². The largest absolute Gasteiger partial charge is 0.497 e. The molecule has 0 radical (unpaired) electrons. The first-order chi connectivity index (χ1) is 9.78. The van der Waals surface area contributed by atoms with E-state index in [1.165, 1.54) is 29.7 Å². The second-order valence-corrected chi connectivity index (χ2v) is 5.35. The first-order valence-electron chi connectivity index (χ1n) is 7.16. The van der Waals surface area contributed by atoms with Gasteiger partial charge in [-0.2, -0.15) is 5.10 Å². The van der Waals surface area contributed by atoms with Crippen molar-refractivity contribution in [2.24, 2.45) is 7.05 Å². The number of aromatic nitrogens is 2. The maximum Gasteiger partial charge on any atom is 0.118 e. The van der Waals surface area contributed by atoms with E-state index in [2.05, 4.69) is 22.5 Å². The summed E-state index contributed by atoms with van der Waals surface area (Å²) in [6.07, 6.45) is 5.54. The molecule has 2 aromatic rings. The van der Waals surface area contributed by atoms with E-state index in [0.717, 1.165) is 18.7 Å². The van der Waals surface area contributed by atoms with Crippen molar-refractivity contribution in [3.8, 4) is 16.9 Å². The van der Waals surface area contributed by atoms with Gasteiger partial charge in [0.25, 0.3) is 0 Å². The summed E-state index contributed by atoms with van der Waals surface area (Å²) in [7, 11) is 3.72. The van der Waals surface area contributed by atoms with Crippen LogP contribution in [0.3, 0.4) is 0 Å². The van der Waals surface area contributed by atoms with Crippen molar-refractivity contribution in [3.05, 3.63) is 36.2 Å². The van der Waals surface area contributed by atoms with E-state index in [4.69, 9.17) is 4.74 Å². The molecule has 1 aromatic heterocycles. The van der Waals surface area contributed by atoms with Gasteiger partial charge in [0.05, 0.1) is 13.3 Å². The minimum absolute atomic E-state index is 0.586. The normalized spacial score (nSPS) is 18.4. The summed E-state index contributed by atoms with van der Waals surface area (Å²) in [5, 5.41) is 7.99. The zero-order chi connectivity index (χ0) is 13.9. The number of methoxy groups -OCH3 is 1. The molecular weight excluding hydrogens is 250 g/mol. The number of rotatable bonds is 4. The molecule has 1 saturated heterocycles. The fourth-order valence-electron chi connectivity index (χ4n) is 2.88. The summed E-state index contributed by atoms with van der Waals surface area (Å²) in [5.74, 6) is 0.886. The van der Waals surface area contributed by atoms with Crippen LogP contribution in [0.1, 0.15) is 18.5 Å². The molecule has 106 valence electrons. The van der Waals surface area contributed by atoms with Gasteiger partial charge >= 0.3 is 0 Å². The van der Waals surface area contributed by atoms with E-state index in [-0.39, 0.29) is 0 Å². The lowest BCUT2D eigenvalue weighted by Gasteiger charge is -2.12. The Balaban J connectivity index is 1.88. The Morgan fingerprint density at radius 3 is 2.80 bits per heavy atom. The summed E-state index contributed by atoms with van der Waals surface area (Å²) >= 11 is 0. The molecule has 1 fully saturated rings. The van der Waals surface area contributed by atoms with Crippen molar-refractivity contribution >= 4 is 0 Å². The monoisotopic (exact) mass is 271 g/mol. The number of aryl methyl sites for hydroxylation is 1. The second-order valence-electron chi connectivity index (χ2n) is 5.35. The highest BCUT2D eigenvalue weighted by atomic mass is 16.5. The van der Waals surface area contributed by atoms with Crippen LogP contribution in [-0.4, -0.2) is 29.5 Å². The molecule has 0 spiro atoms. The van der Waals surface area contributed by atoms with Gasteiger partial charge in [-0.3, -0.25) is 4.68 Å². The number of hydrogen-bond acceptors (Lipinski definition) is 3. The molecule has 1 aliphatic heterocycles. The van der Waals surface area contributed by atoms with Gasteiger partial charge < -0.3 is 10.1 Å². The molecule has 0 bridgehead atoms. The van der Waals surface area contributed by atoms with E-state index >= 15 is 0 Å². The van der Waals surface area contributed by atoms with Crippen LogP contribution in [0.2, 0.25) is 0 Å². The third kappa shape index (κ3) is 2.56. The number of benzene rings is 1. The van der Waals surface area contributed by atoms with Gasteiger partial charge in [-0.25, -0.2) is 0 Å². The summed E-state index contributed by atoms with van der Waals surface area (Å²) in [6.45, 7) is 1.14. The Morgan fingerprint density at radius 2 is 2.15 bits per heavy atom. The van der Waals surface area contributed by atoms with Crippen LogP contribution in [0.5, 0.6) is 5.75 Å². The van der Waals surface area contributed by atoms with Crippen molar-refractivity contribution in [3.63, 3.8) is 0 Å². The molecule has 1 aromatic carbocycles. The van der Waals surface area contributed by atoms with Crippen LogP contribution in [0.25, 0.3) is 11.1 Å². The zero-order valence-corrected chi connectivity index (χ0v) is 12.1. The zero-order valence-electron chi connectivity index (χ0n) is 12.1. The van der Waals surface area contributed by atoms with Gasteiger partial charge in [0, 0.05) is 30.8 Å². The SMILES string of the molecule is COc1ccc(-c2cnn(C)c2CC2CCCN2)cc1. The molecule has 1 unspecified atom stereocenters. The third-order valence-electron chi connectivity index (χ3n) is 4.06. The Hall–Kier alpha value is -1.81. The van der Waals surface area contributed by atoms with Crippen molar-refractivity contribution in [1.82, 2.24) is 15.1 Å². The number of nitrogens with zero attached hydrogens (tertiary/aromatic N) is 2. The van der Waals surface area contributed by atoms with Crippen molar-refractivity contribution < 1.29 is 4.74 Å². The lowest BCUT2D eigenvalue weighted by atomic mass is 10.0. The average Bonchev–Trinajstić information content (AvgIpc) is 3.11. The maximum absolute atomic E-state index is 5.22. The quantitative estimate of drug-likeness (QED) is 0.928. The lowest BCUT2D eigenvalue weighted by Crippen LogP contribution is -2.25. The highest BCUT2D eigenvalue weighted by Crippen LogP contribution is 2.27. The van der Waals surface area contributed by atoms with Gasteiger partial charge in [0.2, 0.25) is 0 Å². The number of nitrogens with one attached hydrogen (secondary N) is 1. The van der Waals surface area contributed by atoms with Crippen LogP contribution in [0, 0.1) is 0 Å². The van der Waals surface area contributed by atoms with E-state index in [1.54, 1.807) is 7.11 Å². The van der Waals surface area contributed by atoms with Gasteiger partial charge in [0.15, 0.2) is 0 Å². The molecule has 20 heavy (non-hydrogen) atoms. The minimum atomic E-state index is 0.586. The molecular formula is C16H21N3O. The number of ether oxygens (including phenoxy) is 1. The van der Waals surface area contributed by atoms with Crippen LogP contribution >= 0.6 is 0 Å². The summed E-state index contributed by atoms with van der Waals surface area (Å²) in [4.78, 5) is 0. The smallest absolute Gasteiger partial charge is 0.118 e. The molecule has 0 saturated carbocycles. The molecule has 0 amide bonds. The highest BCUT2D eigenvalue weighted by Gasteiger charge is 2.19. The molecule has 2 heterocycles. The van der Waals surface area contributed by atoms with Gasteiger partial charge in [-0.1, -0.05) is 12.1 Å². The Bertz CT molecular complexity index is 568. The van der Waals surface area contributed by atoms with Gasteiger partial charge in [0.1, 0.15) is 5.75 Å². The van der Waals surface area contributed by atoms with E-state index < -0.39 is 0 Å². The van der Waals surface area contributed by atoms with E-state index in [0.29, 0.717) is 6.04 Å². The van der Waals surface area contributed by atoms with Crippen LogP contribution in [-0.2, 0) is 13.5 Å². The topological polar surface area (TPSA) is 39.1 Å². The van der Waals surface area contributed by atoms with Crippen molar-refractivity contribution in [2.45, 2.75) is 25.3 Å². The molecule has 1 atom stereocenters. The van der Waals surface area contributed by atoms with Gasteiger partial charge in [-0.15, -0.1) is 0 Å². The molecule has 1 aliphatic rings. The maximum atomic E-state index is 5.22. The average molecular weight is 271 g/mol. The molecule has 4 heteroatoms.